The fourth-order valence-electron chi connectivity index (χ4n) is 3.92. The Bertz CT molecular complexity index is 683. The zero-order valence-corrected chi connectivity index (χ0v) is 18.6. The number of guanidine groups is 1. The van der Waals surface area contributed by atoms with Gasteiger partial charge in [-0.1, -0.05) is 13.0 Å². The van der Waals surface area contributed by atoms with Crippen molar-refractivity contribution in [3.05, 3.63) is 23.9 Å². The summed E-state index contributed by atoms with van der Waals surface area (Å²) in [6, 6.07) is 4.24. The van der Waals surface area contributed by atoms with Crippen LogP contribution in [0.4, 0.5) is 5.82 Å². The number of piperazine rings is 1. The lowest BCUT2D eigenvalue weighted by Gasteiger charge is -2.34. The maximum absolute atomic E-state index is 11.7. The van der Waals surface area contributed by atoms with Crippen molar-refractivity contribution in [2.24, 2.45) is 4.99 Å². The lowest BCUT2D eigenvalue weighted by molar-refractivity contribution is -0.127. The molecule has 3 heterocycles. The van der Waals surface area contributed by atoms with E-state index >= 15 is 0 Å². The Balaban J connectivity index is 1.44. The van der Waals surface area contributed by atoms with Crippen molar-refractivity contribution in [3.8, 4) is 0 Å². The van der Waals surface area contributed by atoms with Crippen molar-refractivity contribution in [3.63, 3.8) is 0 Å². The predicted octanol–water partition coefficient (Wildman–Crippen LogP) is 1.29. The maximum Gasteiger partial charge on any atom is 0.222 e. The van der Waals surface area contributed by atoms with E-state index in [4.69, 9.17) is 0 Å². The molecule has 0 bridgehead atoms. The Hall–Kier alpha value is -2.35. The molecule has 1 aromatic heterocycles. The monoisotopic (exact) mass is 415 g/mol. The Labute approximate surface area is 180 Å². The topological polar surface area (TPSA) is 76.1 Å². The van der Waals surface area contributed by atoms with Gasteiger partial charge in [0.05, 0.1) is 6.54 Å². The first-order chi connectivity index (χ1) is 14.7. The summed E-state index contributed by atoms with van der Waals surface area (Å²) in [7, 11) is 0. The average molecular weight is 416 g/mol. The zero-order chi connectivity index (χ0) is 21.2. The fraction of sp³-hybridized carbons (Fsp3) is 0.682. The number of likely N-dealkylation sites (N-methyl/N-ethyl adjacent to an activating group) is 1. The van der Waals surface area contributed by atoms with Crippen molar-refractivity contribution < 1.29 is 4.79 Å². The molecule has 1 amide bonds. The van der Waals surface area contributed by atoms with Crippen LogP contribution in [0.5, 0.6) is 0 Å². The van der Waals surface area contributed by atoms with E-state index < -0.39 is 0 Å². The standard InChI is InChI=1S/C22H37N7O/c1-3-23-22(24-10-6-12-29-11-5-7-21(29)30)26-18-19-8-9-20(25-17-19)28-15-13-27(4-2)14-16-28/h8-9,17H,3-7,10-16,18H2,1-2H3,(H2,23,24,26). The zero-order valence-electron chi connectivity index (χ0n) is 18.6. The molecule has 0 atom stereocenters. The molecule has 2 saturated heterocycles. The molecule has 0 aromatic carbocycles. The van der Waals surface area contributed by atoms with E-state index in [1.54, 1.807) is 0 Å². The number of aliphatic imine (C=N–C) groups is 1. The van der Waals surface area contributed by atoms with Gasteiger partial charge in [0.1, 0.15) is 5.82 Å². The lowest BCUT2D eigenvalue weighted by atomic mass is 10.2. The molecule has 2 fully saturated rings. The molecule has 2 N–H and O–H groups in total. The highest BCUT2D eigenvalue weighted by molar-refractivity contribution is 5.79. The minimum absolute atomic E-state index is 0.291. The largest absolute Gasteiger partial charge is 0.357 e. The molecule has 2 aliphatic rings. The van der Waals surface area contributed by atoms with Gasteiger partial charge >= 0.3 is 0 Å². The van der Waals surface area contributed by atoms with Crippen LogP contribution >= 0.6 is 0 Å². The summed E-state index contributed by atoms with van der Waals surface area (Å²) in [4.78, 5) is 27.8. The summed E-state index contributed by atoms with van der Waals surface area (Å²) >= 11 is 0. The molecule has 2 aliphatic heterocycles. The van der Waals surface area contributed by atoms with E-state index in [2.05, 4.69) is 56.4 Å². The first-order valence-corrected chi connectivity index (χ1v) is 11.4. The highest BCUT2D eigenvalue weighted by atomic mass is 16.2. The molecule has 0 saturated carbocycles. The van der Waals surface area contributed by atoms with Gasteiger partial charge in [-0.15, -0.1) is 0 Å². The Morgan fingerprint density at radius 3 is 2.60 bits per heavy atom. The number of carbonyl (C=O) groups is 1. The van der Waals surface area contributed by atoms with E-state index in [0.717, 1.165) is 89.1 Å². The maximum atomic E-state index is 11.7. The number of aromatic nitrogens is 1. The third-order valence-corrected chi connectivity index (χ3v) is 5.79. The average Bonchev–Trinajstić information content (AvgIpc) is 3.20. The second kappa shape index (κ2) is 11.7. The van der Waals surface area contributed by atoms with E-state index in [1.807, 2.05) is 11.1 Å². The number of nitrogens with zero attached hydrogens (tertiary/aromatic N) is 5. The van der Waals surface area contributed by atoms with Gasteiger partial charge in [-0.25, -0.2) is 9.98 Å². The number of pyridine rings is 1. The molecule has 0 aliphatic carbocycles. The number of hydrogen-bond acceptors (Lipinski definition) is 5. The summed E-state index contributed by atoms with van der Waals surface area (Å²) in [6.07, 6.45) is 4.57. The van der Waals surface area contributed by atoms with Gasteiger partial charge in [0.25, 0.3) is 0 Å². The molecule has 8 nitrogen and oxygen atoms in total. The Morgan fingerprint density at radius 1 is 1.13 bits per heavy atom. The normalized spacial score (nSPS) is 18.2. The van der Waals surface area contributed by atoms with E-state index in [0.29, 0.717) is 18.9 Å². The van der Waals surface area contributed by atoms with Gasteiger partial charge in [0, 0.05) is 65.0 Å². The van der Waals surface area contributed by atoms with Gasteiger partial charge in [0.2, 0.25) is 5.91 Å². The third kappa shape index (κ3) is 6.58. The van der Waals surface area contributed by atoms with Crippen LogP contribution in [0.1, 0.15) is 38.7 Å². The van der Waals surface area contributed by atoms with Gasteiger partial charge in [-0.05, 0) is 37.9 Å². The fourth-order valence-corrected chi connectivity index (χ4v) is 3.92. The number of amides is 1. The minimum atomic E-state index is 0.291. The molecule has 0 spiro atoms. The number of nitrogens with one attached hydrogen (secondary N) is 2. The Kier molecular flexibility index (Phi) is 8.74. The summed E-state index contributed by atoms with van der Waals surface area (Å²) in [5.41, 5.74) is 1.10. The summed E-state index contributed by atoms with van der Waals surface area (Å²) in [5, 5.41) is 6.66. The smallest absolute Gasteiger partial charge is 0.222 e. The van der Waals surface area contributed by atoms with Crippen LogP contribution in [0.25, 0.3) is 0 Å². The van der Waals surface area contributed by atoms with E-state index in [1.165, 1.54) is 0 Å². The van der Waals surface area contributed by atoms with Crippen LogP contribution < -0.4 is 15.5 Å². The summed E-state index contributed by atoms with van der Waals surface area (Å²) in [5.74, 6) is 2.16. The highest BCUT2D eigenvalue weighted by Crippen LogP contribution is 2.14. The first kappa shape index (κ1) is 22.3. The molecular formula is C22H37N7O. The van der Waals surface area contributed by atoms with Crippen molar-refractivity contribution in [2.75, 3.05) is 63.8 Å². The van der Waals surface area contributed by atoms with Crippen molar-refractivity contribution >= 4 is 17.7 Å². The molecule has 0 unspecified atom stereocenters. The SMILES string of the molecule is CCNC(=NCc1ccc(N2CCN(CC)CC2)nc1)NCCCN1CCCC1=O. The number of likely N-dealkylation sites (tertiary alicyclic amines) is 1. The number of hydrogen-bond donors (Lipinski definition) is 2. The van der Waals surface area contributed by atoms with Gasteiger partial charge < -0.3 is 25.3 Å². The number of carbonyl (C=O) groups excluding carboxylic acids is 1. The van der Waals surface area contributed by atoms with Crippen LogP contribution in [0.3, 0.4) is 0 Å². The third-order valence-electron chi connectivity index (χ3n) is 5.79. The van der Waals surface area contributed by atoms with Gasteiger partial charge in [-0.2, -0.15) is 0 Å². The van der Waals surface area contributed by atoms with Gasteiger partial charge in [0.15, 0.2) is 5.96 Å². The van der Waals surface area contributed by atoms with Crippen molar-refractivity contribution in [1.29, 1.82) is 0 Å². The molecule has 3 rings (SSSR count). The molecular weight excluding hydrogens is 378 g/mol. The van der Waals surface area contributed by atoms with Crippen molar-refractivity contribution in [2.45, 2.75) is 39.7 Å². The molecule has 166 valence electrons. The van der Waals surface area contributed by atoms with Gasteiger partial charge in [-0.3, -0.25) is 4.79 Å². The summed E-state index contributed by atoms with van der Waals surface area (Å²) in [6.45, 7) is 13.6. The van der Waals surface area contributed by atoms with Crippen LogP contribution in [0.2, 0.25) is 0 Å². The summed E-state index contributed by atoms with van der Waals surface area (Å²) < 4.78 is 0. The second-order valence-corrected chi connectivity index (χ2v) is 7.91. The molecule has 8 heteroatoms. The quantitative estimate of drug-likeness (QED) is 0.360. The molecule has 1 aromatic rings. The van der Waals surface area contributed by atoms with Crippen LogP contribution in [-0.2, 0) is 11.3 Å². The number of anilines is 1. The van der Waals surface area contributed by atoms with Crippen LogP contribution in [-0.4, -0.2) is 85.6 Å². The Morgan fingerprint density at radius 2 is 1.97 bits per heavy atom. The highest BCUT2D eigenvalue weighted by Gasteiger charge is 2.19. The first-order valence-electron chi connectivity index (χ1n) is 11.4. The predicted molar refractivity (Wildman–Crippen MR) is 122 cm³/mol. The molecule has 0 radical (unpaired) electrons. The lowest BCUT2D eigenvalue weighted by Crippen LogP contribution is -2.46. The van der Waals surface area contributed by atoms with Crippen molar-refractivity contribution in [1.82, 2.24) is 25.4 Å². The number of rotatable bonds is 9. The van der Waals surface area contributed by atoms with Crippen LogP contribution in [0.15, 0.2) is 23.3 Å². The molecule has 30 heavy (non-hydrogen) atoms. The van der Waals surface area contributed by atoms with E-state index in [9.17, 15) is 4.79 Å². The second-order valence-electron chi connectivity index (χ2n) is 7.91. The van der Waals surface area contributed by atoms with E-state index in [-0.39, 0.29) is 0 Å². The van der Waals surface area contributed by atoms with Crippen LogP contribution in [0, 0.1) is 0 Å². The minimum Gasteiger partial charge on any atom is -0.357 e.